The predicted octanol–water partition coefficient (Wildman–Crippen LogP) is 5.12. The van der Waals surface area contributed by atoms with E-state index in [0.717, 1.165) is 28.1 Å². The van der Waals surface area contributed by atoms with Gasteiger partial charge < -0.3 is 10.4 Å². The molecule has 7 heteroatoms. The summed E-state index contributed by atoms with van der Waals surface area (Å²) in [6.45, 7) is 1.23. The van der Waals surface area contributed by atoms with E-state index in [-0.39, 0.29) is 0 Å². The second kappa shape index (κ2) is 10.1. The largest absolute Gasteiger partial charge is 0.387 e. The SMILES string of the molecule is O[C@H](CNCc1nn(Cc2c(Cl)cccc2Cl)nc1-c1ccccc1)c1ccccc1. The Kier molecular flexibility index (Phi) is 6.99. The highest BCUT2D eigenvalue weighted by Crippen LogP contribution is 2.26. The van der Waals surface area contributed by atoms with Gasteiger partial charge in [0.1, 0.15) is 11.4 Å². The van der Waals surface area contributed by atoms with Crippen molar-refractivity contribution in [2.45, 2.75) is 19.2 Å². The van der Waals surface area contributed by atoms with E-state index in [9.17, 15) is 5.11 Å². The average Bonchev–Trinajstić information content (AvgIpc) is 3.20. The van der Waals surface area contributed by atoms with Crippen LogP contribution in [-0.4, -0.2) is 26.6 Å². The number of aliphatic hydroxyl groups excluding tert-OH is 1. The van der Waals surface area contributed by atoms with Gasteiger partial charge in [-0.05, 0) is 17.7 Å². The molecule has 0 saturated heterocycles. The van der Waals surface area contributed by atoms with Crippen molar-refractivity contribution in [2.24, 2.45) is 0 Å². The lowest BCUT2D eigenvalue weighted by atomic mass is 10.1. The van der Waals surface area contributed by atoms with Crippen LogP contribution >= 0.6 is 23.2 Å². The van der Waals surface area contributed by atoms with E-state index >= 15 is 0 Å². The van der Waals surface area contributed by atoms with Crippen molar-refractivity contribution in [1.82, 2.24) is 20.3 Å². The third-order valence-corrected chi connectivity index (χ3v) is 5.66. The maximum atomic E-state index is 10.4. The zero-order valence-corrected chi connectivity index (χ0v) is 18.3. The molecular formula is C24H22Cl2N4O. The normalized spacial score (nSPS) is 12.1. The molecule has 0 radical (unpaired) electrons. The third-order valence-electron chi connectivity index (χ3n) is 4.95. The number of hydrogen-bond donors (Lipinski definition) is 2. The molecule has 158 valence electrons. The average molecular weight is 453 g/mol. The van der Waals surface area contributed by atoms with Crippen molar-refractivity contribution < 1.29 is 5.11 Å². The fourth-order valence-corrected chi connectivity index (χ4v) is 3.85. The minimum Gasteiger partial charge on any atom is -0.387 e. The molecule has 1 atom stereocenters. The molecule has 0 amide bonds. The molecule has 0 bridgehead atoms. The number of nitrogens with zero attached hydrogens (tertiary/aromatic N) is 3. The number of aliphatic hydroxyl groups is 1. The zero-order valence-electron chi connectivity index (χ0n) is 16.7. The summed E-state index contributed by atoms with van der Waals surface area (Å²) < 4.78 is 0. The topological polar surface area (TPSA) is 63.0 Å². The van der Waals surface area contributed by atoms with Gasteiger partial charge in [0.05, 0.1) is 12.6 Å². The van der Waals surface area contributed by atoms with Crippen LogP contribution in [0.15, 0.2) is 78.9 Å². The van der Waals surface area contributed by atoms with Crippen molar-refractivity contribution in [2.75, 3.05) is 6.54 Å². The van der Waals surface area contributed by atoms with Gasteiger partial charge in [0.2, 0.25) is 0 Å². The number of nitrogens with one attached hydrogen (secondary N) is 1. The lowest BCUT2D eigenvalue weighted by molar-refractivity contribution is 0.174. The highest BCUT2D eigenvalue weighted by atomic mass is 35.5. The monoisotopic (exact) mass is 452 g/mol. The molecule has 4 rings (SSSR count). The number of benzene rings is 3. The van der Waals surface area contributed by atoms with Gasteiger partial charge in [0, 0.05) is 34.3 Å². The Balaban J connectivity index is 1.54. The summed E-state index contributed by atoms with van der Waals surface area (Å²) in [6, 6.07) is 24.9. The molecule has 0 saturated carbocycles. The fourth-order valence-electron chi connectivity index (χ4n) is 3.34. The van der Waals surface area contributed by atoms with Crippen LogP contribution in [0.1, 0.15) is 22.9 Å². The second-order valence-electron chi connectivity index (χ2n) is 7.15. The number of hydrogen-bond acceptors (Lipinski definition) is 4. The van der Waals surface area contributed by atoms with Crippen molar-refractivity contribution >= 4 is 23.2 Å². The molecule has 5 nitrogen and oxygen atoms in total. The van der Waals surface area contributed by atoms with Gasteiger partial charge in [0.15, 0.2) is 0 Å². The van der Waals surface area contributed by atoms with E-state index in [4.69, 9.17) is 28.3 Å². The van der Waals surface area contributed by atoms with Crippen molar-refractivity contribution in [3.8, 4) is 11.3 Å². The highest BCUT2D eigenvalue weighted by molar-refractivity contribution is 6.35. The maximum absolute atomic E-state index is 10.4. The standard InChI is InChI=1S/C24H22Cl2N4O/c25-20-12-7-13-21(26)19(20)16-30-28-22(24(29-30)18-10-5-2-6-11-18)14-27-15-23(31)17-8-3-1-4-9-17/h1-13,23,27,31H,14-16H2/t23-/m1/s1. The summed E-state index contributed by atoms with van der Waals surface area (Å²) in [5, 5.41) is 24.2. The highest BCUT2D eigenvalue weighted by Gasteiger charge is 2.16. The Morgan fingerprint density at radius 1 is 0.839 bits per heavy atom. The Bertz CT molecular complexity index is 1110. The quantitative estimate of drug-likeness (QED) is 0.389. The van der Waals surface area contributed by atoms with E-state index in [1.165, 1.54) is 0 Å². The molecule has 0 aliphatic carbocycles. The molecule has 3 aromatic carbocycles. The number of aromatic nitrogens is 3. The van der Waals surface area contributed by atoms with E-state index in [1.807, 2.05) is 66.7 Å². The minimum atomic E-state index is -0.599. The van der Waals surface area contributed by atoms with Gasteiger partial charge in [0.25, 0.3) is 0 Å². The lowest BCUT2D eigenvalue weighted by Crippen LogP contribution is -2.21. The van der Waals surface area contributed by atoms with Crippen LogP contribution in [0, 0.1) is 0 Å². The van der Waals surface area contributed by atoms with Crippen LogP contribution in [0.4, 0.5) is 0 Å². The van der Waals surface area contributed by atoms with Crippen LogP contribution in [0.25, 0.3) is 11.3 Å². The van der Waals surface area contributed by atoms with E-state index in [2.05, 4.69) is 10.4 Å². The van der Waals surface area contributed by atoms with Gasteiger partial charge in [-0.25, -0.2) is 0 Å². The fraction of sp³-hybridized carbons (Fsp3) is 0.167. The Labute approximate surface area is 191 Å². The van der Waals surface area contributed by atoms with Gasteiger partial charge in [-0.2, -0.15) is 15.0 Å². The van der Waals surface area contributed by atoms with Crippen LogP contribution < -0.4 is 5.32 Å². The number of rotatable bonds is 8. The zero-order chi connectivity index (χ0) is 21.6. The van der Waals surface area contributed by atoms with Gasteiger partial charge in [-0.15, -0.1) is 0 Å². The first-order chi connectivity index (χ1) is 15.1. The van der Waals surface area contributed by atoms with Gasteiger partial charge in [-0.1, -0.05) is 89.9 Å². The molecule has 4 aromatic rings. The van der Waals surface area contributed by atoms with E-state index < -0.39 is 6.10 Å². The predicted molar refractivity (Wildman–Crippen MR) is 124 cm³/mol. The summed E-state index contributed by atoms with van der Waals surface area (Å²) in [7, 11) is 0. The van der Waals surface area contributed by atoms with E-state index in [0.29, 0.717) is 29.7 Å². The summed E-state index contributed by atoms with van der Waals surface area (Å²) in [5.74, 6) is 0. The summed E-state index contributed by atoms with van der Waals surface area (Å²) in [5.41, 5.74) is 4.19. The smallest absolute Gasteiger partial charge is 0.117 e. The number of halogens is 2. The molecule has 0 unspecified atom stereocenters. The van der Waals surface area contributed by atoms with Crippen LogP contribution in [0.3, 0.4) is 0 Å². The Morgan fingerprint density at radius 3 is 2.16 bits per heavy atom. The second-order valence-corrected chi connectivity index (χ2v) is 7.96. The molecule has 0 aliphatic heterocycles. The minimum absolute atomic E-state index is 0.366. The van der Waals surface area contributed by atoms with Crippen LogP contribution in [0.5, 0.6) is 0 Å². The third kappa shape index (κ3) is 5.32. The van der Waals surface area contributed by atoms with E-state index in [1.54, 1.807) is 16.9 Å². The van der Waals surface area contributed by atoms with Crippen molar-refractivity contribution in [3.63, 3.8) is 0 Å². The molecule has 1 aromatic heterocycles. The maximum Gasteiger partial charge on any atom is 0.117 e. The summed E-state index contributed by atoms with van der Waals surface area (Å²) in [4.78, 5) is 1.61. The molecule has 2 N–H and O–H groups in total. The lowest BCUT2D eigenvalue weighted by Gasteiger charge is -2.11. The summed E-state index contributed by atoms with van der Waals surface area (Å²) >= 11 is 12.7. The molecular weight excluding hydrogens is 431 g/mol. The van der Waals surface area contributed by atoms with Crippen LogP contribution in [-0.2, 0) is 13.1 Å². The molecule has 1 heterocycles. The van der Waals surface area contributed by atoms with Crippen LogP contribution in [0.2, 0.25) is 10.0 Å². The van der Waals surface area contributed by atoms with Gasteiger partial charge >= 0.3 is 0 Å². The van der Waals surface area contributed by atoms with Gasteiger partial charge in [-0.3, -0.25) is 0 Å². The molecule has 0 fully saturated rings. The first kappa shape index (κ1) is 21.5. The molecule has 0 spiro atoms. The Morgan fingerprint density at radius 2 is 1.48 bits per heavy atom. The van der Waals surface area contributed by atoms with Crippen molar-refractivity contribution in [3.05, 3.63) is 106 Å². The molecule has 31 heavy (non-hydrogen) atoms. The summed E-state index contributed by atoms with van der Waals surface area (Å²) in [6.07, 6.45) is -0.599. The Hall–Kier alpha value is -2.70. The molecule has 0 aliphatic rings. The van der Waals surface area contributed by atoms with Crippen molar-refractivity contribution in [1.29, 1.82) is 0 Å². The first-order valence-electron chi connectivity index (χ1n) is 9.98. The first-order valence-corrected chi connectivity index (χ1v) is 10.7.